The highest BCUT2D eigenvalue weighted by Crippen LogP contribution is 2.52. The molecular weight excluding hydrogens is 264 g/mol. The fourth-order valence-corrected chi connectivity index (χ4v) is 3.96. The monoisotopic (exact) mass is 282 g/mol. The second-order valence-corrected chi connectivity index (χ2v) is 6.31. The lowest BCUT2D eigenvalue weighted by Gasteiger charge is -2.18. The first-order valence-corrected chi connectivity index (χ1v) is 7.49. The molecule has 108 valence electrons. The van der Waals surface area contributed by atoms with Gasteiger partial charge in [-0.2, -0.15) is 0 Å². The van der Waals surface area contributed by atoms with E-state index in [4.69, 9.17) is 0 Å². The van der Waals surface area contributed by atoms with Gasteiger partial charge < -0.3 is 5.32 Å². The zero-order valence-electron chi connectivity index (χ0n) is 12.0. The Labute approximate surface area is 123 Å². The van der Waals surface area contributed by atoms with Crippen LogP contribution in [0.3, 0.4) is 0 Å². The number of rotatable bonds is 3. The number of carbonyl (C=O) groups is 2. The van der Waals surface area contributed by atoms with Crippen LogP contribution >= 0.6 is 0 Å². The number of imide groups is 1. The van der Waals surface area contributed by atoms with Gasteiger partial charge in [0.25, 0.3) is 0 Å². The van der Waals surface area contributed by atoms with E-state index in [1.807, 2.05) is 31.2 Å². The molecule has 1 aliphatic heterocycles. The highest BCUT2D eigenvalue weighted by atomic mass is 16.2. The van der Waals surface area contributed by atoms with Crippen molar-refractivity contribution in [3.05, 3.63) is 42.0 Å². The molecule has 4 rings (SSSR count). The summed E-state index contributed by atoms with van der Waals surface area (Å²) >= 11 is 0. The summed E-state index contributed by atoms with van der Waals surface area (Å²) in [7, 11) is 0. The Kier molecular flexibility index (Phi) is 2.67. The van der Waals surface area contributed by atoms with E-state index in [2.05, 4.69) is 17.5 Å². The SMILES string of the molecule is Cc1ccc(NCN2C(=O)[C@@H]3[C@H](C2=O)[C@@H]2C=C[C@H]3C2)cc1. The molecule has 0 spiro atoms. The summed E-state index contributed by atoms with van der Waals surface area (Å²) in [6.45, 7) is 2.30. The standard InChI is InChI=1S/C17H18N2O2/c1-10-2-6-13(7-3-10)18-9-19-16(20)14-11-4-5-12(8-11)15(14)17(19)21/h2-7,11-12,14-15,18H,8-9H2,1H3/t11-,12+,14-,15+. The van der Waals surface area contributed by atoms with E-state index < -0.39 is 0 Å². The van der Waals surface area contributed by atoms with Crippen LogP contribution in [0.25, 0.3) is 0 Å². The second kappa shape index (κ2) is 4.45. The van der Waals surface area contributed by atoms with Gasteiger partial charge in [0.2, 0.25) is 11.8 Å². The third-order valence-electron chi connectivity index (χ3n) is 5.05. The molecule has 1 aromatic rings. The predicted octanol–water partition coefficient (Wildman–Crippen LogP) is 2.17. The molecule has 0 radical (unpaired) electrons. The van der Waals surface area contributed by atoms with Gasteiger partial charge in [-0.15, -0.1) is 0 Å². The average Bonchev–Trinajstić information content (AvgIpc) is 3.14. The third-order valence-corrected chi connectivity index (χ3v) is 5.05. The number of fused-ring (bicyclic) bond motifs is 5. The molecule has 1 N–H and O–H groups in total. The van der Waals surface area contributed by atoms with E-state index in [1.54, 1.807) is 0 Å². The highest BCUT2D eigenvalue weighted by molar-refractivity contribution is 6.06. The molecule has 1 aromatic carbocycles. The van der Waals surface area contributed by atoms with E-state index in [9.17, 15) is 9.59 Å². The van der Waals surface area contributed by atoms with Crippen LogP contribution in [0, 0.1) is 30.6 Å². The summed E-state index contributed by atoms with van der Waals surface area (Å²) < 4.78 is 0. The number of nitrogens with one attached hydrogen (secondary N) is 1. The minimum atomic E-state index is -0.104. The molecule has 2 fully saturated rings. The minimum absolute atomic E-state index is 0.00135. The Morgan fingerprint density at radius 1 is 1.05 bits per heavy atom. The van der Waals surface area contributed by atoms with Crippen molar-refractivity contribution in [1.29, 1.82) is 0 Å². The zero-order valence-corrected chi connectivity index (χ0v) is 12.0. The van der Waals surface area contributed by atoms with Gasteiger partial charge in [-0.25, -0.2) is 0 Å². The zero-order chi connectivity index (χ0) is 14.6. The lowest BCUT2D eigenvalue weighted by molar-refractivity contribution is -0.140. The van der Waals surface area contributed by atoms with Gasteiger partial charge >= 0.3 is 0 Å². The molecule has 4 nitrogen and oxygen atoms in total. The van der Waals surface area contributed by atoms with Crippen molar-refractivity contribution in [1.82, 2.24) is 4.90 Å². The number of allylic oxidation sites excluding steroid dienone is 2. The van der Waals surface area contributed by atoms with Crippen LogP contribution in [0.1, 0.15) is 12.0 Å². The second-order valence-electron chi connectivity index (χ2n) is 6.31. The van der Waals surface area contributed by atoms with Crippen LogP contribution < -0.4 is 5.32 Å². The molecule has 4 heteroatoms. The van der Waals surface area contributed by atoms with Gasteiger partial charge in [-0.05, 0) is 37.3 Å². The number of carbonyl (C=O) groups excluding carboxylic acids is 2. The van der Waals surface area contributed by atoms with Crippen LogP contribution in [-0.2, 0) is 9.59 Å². The van der Waals surface area contributed by atoms with Crippen LogP contribution in [0.5, 0.6) is 0 Å². The van der Waals surface area contributed by atoms with Crippen molar-refractivity contribution in [3.63, 3.8) is 0 Å². The number of hydrogen-bond donors (Lipinski definition) is 1. The molecule has 1 heterocycles. The fourth-order valence-electron chi connectivity index (χ4n) is 3.96. The molecular formula is C17H18N2O2. The maximum Gasteiger partial charge on any atom is 0.235 e. The minimum Gasteiger partial charge on any atom is -0.367 e. The van der Waals surface area contributed by atoms with E-state index in [0.29, 0.717) is 0 Å². The largest absolute Gasteiger partial charge is 0.367 e. The maximum atomic E-state index is 12.5. The number of benzene rings is 1. The summed E-state index contributed by atoms with van der Waals surface area (Å²) in [4.78, 5) is 26.4. The summed E-state index contributed by atoms with van der Waals surface area (Å²) in [5.74, 6) is 0.351. The number of aryl methyl sites for hydroxylation is 1. The van der Waals surface area contributed by atoms with Crippen LogP contribution in [0.15, 0.2) is 36.4 Å². The summed E-state index contributed by atoms with van der Waals surface area (Å²) in [5, 5.41) is 3.18. The normalized spacial score (nSPS) is 32.9. The van der Waals surface area contributed by atoms with Gasteiger partial charge in [-0.1, -0.05) is 29.8 Å². The van der Waals surface area contributed by atoms with Crippen molar-refractivity contribution < 1.29 is 9.59 Å². The van der Waals surface area contributed by atoms with E-state index in [1.165, 1.54) is 10.5 Å². The molecule has 21 heavy (non-hydrogen) atoms. The molecule has 1 saturated heterocycles. The number of hydrogen-bond acceptors (Lipinski definition) is 3. The molecule has 4 atom stereocenters. The first-order chi connectivity index (χ1) is 10.1. The quantitative estimate of drug-likeness (QED) is 0.683. The topological polar surface area (TPSA) is 49.4 Å². The number of likely N-dealkylation sites (tertiary alicyclic amines) is 1. The van der Waals surface area contributed by atoms with Gasteiger partial charge in [0, 0.05) is 5.69 Å². The van der Waals surface area contributed by atoms with Crippen molar-refractivity contribution in [2.24, 2.45) is 23.7 Å². The van der Waals surface area contributed by atoms with Crippen molar-refractivity contribution >= 4 is 17.5 Å². The number of amides is 2. The molecule has 1 saturated carbocycles. The molecule has 0 aromatic heterocycles. The summed E-state index contributed by atoms with van der Waals surface area (Å²) in [6.07, 6.45) is 5.22. The average molecular weight is 282 g/mol. The maximum absolute atomic E-state index is 12.5. The lowest BCUT2D eigenvalue weighted by atomic mass is 9.85. The van der Waals surface area contributed by atoms with Crippen LogP contribution in [0.4, 0.5) is 5.69 Å². The Bertz CT molecular complexity index is 605. The van der Waals surface area contributed by atoms with Gasteiger partial charge in [-0.3, -0.25) is 14.5 Å². The van der Waals surface area contributed by atoms with Crippen LogP contribution in [-0.4, -0.2) is 23.4 Å². The Morgan fingerprint density at radius 3 is 2.19 bits per heavy atom. The Hall–Kier alpha value is -2.10. The fraction of sp³-hybridized carbons (Fsp3) is 0.412. The van der Waals surface area contributed by atoms with Gasteiger partial charge in [0.1, 0.15) is 0 Å². The van der Waals surface area contributed by atoms with Crippen LogP contribution in [0.2, 0.25) is 0 Å². The first kappa shape index (κ1) is 12.6. The molecule has 2 bridgehead atoms. The van der Waals surface area contributed by atoms with E-state index >= 15 is 0 Å². The molecule has 3 aliphatic rings. The Morgan fingerprint density at radius 2 is 1.62 bits per heavy atom. The van der Waals surface area contributed by atoms with E-state index in [0.717, 1.165) is 12.1 Å². The molecule has 2 amide bonds. The van der Waals surface area contributed by atoms with Gasteiger partial charge in [0.05, 0.1) is 18.5 Å². The summed E-state index contributed by atoms with van der Waals surface area (Å²) in [5.41, 5.74) is 2.12. The predicted molar refractivity (Wildman–Crippen MR) is 79.2 cm³/mol. The Balaban J connectivity index is 1.48. The number of nitrogens with zero attached hydrogens (tertiary/aromatic N) is 1. The van der Waals surface area contributed by atoms with Gasteiger partial charge in [0.15, 0.2) is 0 Å². The molecule has 2 aliphatic carbocycles. The highest BCUT2D eigenvalue weighted by Gasteiger charge is 2.59. The lowest BCUT2D eigenvalue weighted by Crippen LogP contribution is -2.37. The third kappa shape index (κ3) is 1.82. The van der Waals surface area contributed by atoms with Crippen molar-refractivity contribution in [2.75, 3.05) is 12.0 Å². The number of anilines is 1. The molecule has 0 unspecified atom stereocenters. The van der Waals surface area contributed by atoms with Crippen molar-refractivity contribution in [2.45, 2.75) is 13.3 Å². The summed E-state index contributed by atoms with van der Waals surface area (Å²) in [6, 6.07) is 7.95. The van der Waals surface area contributed by atoms with E-state index in [-0.39, 0.29) is 42.2 Å². The van der Waals surface area contributed by atoms with Crippen molar-refractivity contribution in [3.8, 4) is 0 Å². The first-order valence-electron chi connectivity index (χ1n) is 7.49. The smallest absolute Gasteiger partial charge is 0.235 e.